The van der Waals surface area contributed by atoms with E-state index < -0.39 is 10.0 Å². The van der Waals surface area contributed by atoms with E-state index >= 15 is 0 Å². The van der Waals surface area contributed by atoms with Crippen molar-refractivity contribution < 1.29 is 17.9 Å². The fourth-order valence-corrected chi connectivity index (χ4v) is 3.74. The Hall–Kier alpha value is -1.48. The molecule has 1 aliphatic rings. The smallest absolute Gasteiger partial charge is 0.251 e. The first-order valence-corrected chi connectivity index (χ1v) is 9.72. The van der Waals surface area contributed by atoms with Gasteiger partial charge in [0.2, 0.25) is 10.0 Å². The second-order valence-corrected chi connectivity index (χ2v) is 8.87. The third kappa shape index (κ3) is 4.78. The molecule has 2 rings (SSSR count). The molecule has 1 aliphatic heterocycles. The second kappa shape index (κ2) is 7.82. The topological polar surface area (TPSA) is 79.0 Å². The molecule has 25 heavy (non-hydrogen) atoms. The van der Waals surface area contributed by atoms with Crippen LogP contribution in [0.2, 0.25) is 0 Å². The maximum atomic E-state index is 12.7. The van der Waals surface area contributed by atoms with Gasteiger partial charge in [-0.2, -0.15) is 4.31 Å². The van der Waals surface area contributed by atoms with Crippen LogP contribution in [-0.4, -0.2) is 76.0 Å². The van der Waals surface area contributed by atoms with Gasteiger partial charge >= 0.3 is 0 Å². The highest BCUT2D eigenvalue weighted by Gasteiger charge is 2.27. The zero-order chi connectivity index (χ0) is 18.7. The zero-order valence-electron chi connectivity index (χ0n) is 15.3. The van der Waals surface area contributed by atoms with Crippen LogP contribution in [0.3, 0.4) is 0 Å². The van der Waals surface area contributed by atoms with E-state index in [1.807, 2.05) is 32.8 Å². The predicted octanol–water partition coefficient (Wildman–Crippen LogP) is 0.778. The van der Waals surface area contributed by atoms with E-state index in [1.54, 1.807) is 12.1 Å². The van der Waals surface area contributed by atoms with Gasteiger partial charge < -0.3 is 15.0 Å². The SMILES string of the molecule is CN(C)C(C)(C)CNC(=O)c1cccc(S(=O)(=O)N2CCOCC2)c1. The Labute approximate surface area is 150 Å². The minimum absolute atomic E-state index is 0.133. The molecular weight excluding hydrogens is 342 g/mol. The predicted molar refractivity (Wildman–Crippen MR) is 96.1 cm³/mol. The first kappa shape index (κ1) is 19.8. The number of hydrogen-bond donors (Lipinski definition) is 1. The summed E-state index contributed by atoms with van der Waals surface area (Å²) in [4.78, 5) is 14.6. The number of ether oxygens (including phenoxy) is 1. The zero-order valence-corrected chi connectivity index (χ0v) is 16.1. The van der Waals surface area contributed by atoms with Gasteiger partial charge in [0.15, 0.2) is 0 Å². The summed E-state index contributed by atoms with van der Waals surface area (Å²) in [5.74, 6) is -0.283. The van der Waals surface area contributed by atoms with Crippen molar-refractivity contribution in [2.24, 2.45) is 0 Å². The number of morpholine rings is 1. The minimum atomic E-state index is -3.61. The van der Waals surface area contributed by atoms with Crippen molar-refractivity contribution in [1.82, 2.24) is 14.5 Å². The Bertz CT molecular complexity index is 710. The number of carbonyl (C=O) groups excluding carboxylic acids is 1. The molecule has 7 nitrogen and oxygen atoms in total. The van der Waals surface area contributed by atoms with Gasteiger partial charge in [0.05, 0.1) is 18.1 Å². The van der Waals surface area contributed by atoms with Crippen LogP contribution in [0.1, 0.15) is 24.2 Å². The molecular formula is C17H27N3O4S. The molecule has 0 aliphatic carbocycles. The van der Waals surface area contributed by atoms with Crippen molar-refractivity contribution in [1.29, 1.82) is 0 Å². The van der Waals surface area contributed by atoms with Crippen LogP contribution in [0, 0.1) is 0 Å². The van der Waals surface area contributed by atoms with Gasteiger partial charge in [-0.25, -0.2) is 8.42 Å². The number of likely N-dealkylation sites (N-methyl/N-ethyl adjacent to an activating group) is 1. The van der Waals surface area contributed by atoms with Crippen LogP contribution < -0.4 is 5.32 Å². The Morgan fingerprint density at radius 2 is 1.92 bits per heavy atom. The molecule has 0 unspecified atom stereocenters. The molecule has 0 aromatic heterocycles. The van der Waals surface area contributed by atoms with Crippen LogP contribution in [0.25, 0.3) is 0 Å². The minimum Gasteiger partial charge on any atom is -0.379 e. The lowest BCUT2D eigenvalue weighted by molar-refractivity contribution is 0.0730. The van der Waals surface area contributed by atoms with E-state index in [0.717, 1.165) is 0 Å². The van der Waals surface area contributed by atoms with Crippen LogP contribution in [0.4, 0.5) is 0 Å². The Kier molecular flexibility index (Phi) is 6.21. The Morgan fingerprint density at radius 3 is 2.52 bits per heavy atom. The maximum absolute atomic E-state index is 12.7. The molecule has 1 aromatic carbocycles. The highest BCUT2D eigenvalue weighted by molar-refractivity contribution is 7.89. The molecule has 0 spiro atoms. The Balaban J connectivity index is 2.14. The van der Waals surface area contributed by atoms with Gasteiger partial charge in [0, 0.05) is 30.7 Å². The molecule has 1 aromatic rings. The van der Waals surface area contributed by atoms with E-state index in [0.29, 0.717) is 38.4 Å². The normalized spacial score (nSPS) is 16.8. The van der Waals surface area contributed by atoms with Crippen molar-refractivity contribution in [3.8, 4) is 0 Å². The number of rotatable bonds is 6. The number of benzene rings is 1. The fraction of sp³-hybridized carbons (Fsp3) is 0.588. The maximum Gasteiger partial charge on any atom is 0.251 e. The van der Waals surface area contributed by atoms with Crippen LogP contribution in [0.15, 0.2) is 29.2 Å². The van der Waals surface area contributed by atoms with Gasteiger partial charge in [0.25, 0.3) is 5.91 Å². The highest BCUT2D eigenvalue weighted by atomic mass is 32.2. The van der Waals surface area contributed by atoms with Crippen LogP contribution in [-0.2, 0) is 14.8 Å². The van der Waals surface area contributed by atoms with Gasteiger partial charge in [0.1, 0.15) is 0 Å². The van der Waals surface area contributed by atoms with E-state index in [1.165, 1.54) is 16.4 Å². The van der Waals surface area contributed by atoms with E-state index in [2.05, 4.69) is 5.32 Å². The molecule has 0 atom stereocenters. The third-order valence-electron chi connectivity index (χ3n) is 4.60. The Morgan fingerprint density at radius 1 is 1.28 bits per heavy atom. The molecule has 1 amide bonds. The average molecular weight is 369 g/mol. The van der Waals surface area contributed by atoms with Crippen molar-refractivity contribution in [3.63, 3.8) is 0 Å². The molecule has 0 bridgehead atoms. The number of nitrogens with zero attached hydrogens (tertiary/aromatic N) is 2. The lowest BCUT2D eigenvalue weighted by Crippen LogP contribution is -2.48. The monoisotopic (exact) mass is 369 g/mol. The summed E-state index contributed by atoms with van der Waals surface area (Å²) < 4.78 is 32.0. The molecule has 1 N–H and O–H groups in total. The van der Waals surface area contributed by atoms with Crippen LogP contribution >= 0.6 is 0 Å². The highest BCUT2D eigenvalue weighted by Crippen LogP contribution is 2.18. The van der Waals surface area contributed by atoms with Gasteiger partial charge in [-0.3, -0.25) is 4.79 Å². The molecule has 140 valence electrons. The van der Waals surface area contributed by atoms with Gasteiger partial charge in [-0.1, -0.05) is 6.07 Å². The fourth-order valence-electron chi connectivity index (χ4n) is 2.29. The summed E-state index contributed by atoms with van der Waals surface area (Å²) >= 11 is 0. The van der Waals surface area contributed by atoms with Crippen molar-refractivity contribution in [2.75, 3.05) is 46.9 Å². The molecule has 0 saturated carbocycles. The van der Waals surface area contributed by atoms with E-state index in [4.69, 9.17) is 4.74 Å². The first-order chi connectivity index (χ1) is 11.6. The summed E-state index contributed by atoms with van der Waals surface area (Å²) in [7, 11) is 0.282. The summed E-state index contributed by atoms with van der Waals surface area (Å²) in [6.07, 6.45) is 0. The summed E-state index contributed by atoms with van der Waals surface area (Å²) in [6.45, 7) is 5.93. The molecule has 0 radical (unpaired) electrons. The van der Waals surface area contributed by atoms with E-state index in [9.17, 15) is 13.2 Å². The molecule has 1 saturated heterocycles. The van der Waals surface area contributed by atoms with Crippen molar-refractivity contribution in [2.45, 2.75) is 24.3 Å². The quantitative estimate of drug-likeness (QED) is 0.802. The number of nitrogens with one attached hydrogen (secondary N) is 1. The summed E-state index contributed by atoms with van der Waals surface area (Å²) in [5.41, 5.74) is 0.136. The average Bonchev–Trinajstić information content (AvgIpc) is 2.60. The summed E-state index contributed by atoms with van der Waals surface area (Å²) in [6, 6.07) is 6.17. The van der Waals surface area contributed by atoms with Gasteiger partial charge in [-0.15, -0.1) is 0 Å². The number of carbonyl (C=O) groups is 1. The van der Waals surface area contributed by atoms with Crippen molar-refractivity contribution in [3.05, 3.63) is 29.8 Å². The van der Waals surface area contributed by atoms with Crippen molar-refractivity contribution >= 4 is 15.9 Å². The largest absolute Gasteiger partial charge is 0.379 e. The lowest BCUT2D eigenvalue weighted by atomic mass is 10.0. The molecule has 8 heteroatoms. The van der Waals surface area contributed by atoms with Gasteiger partial charge in [-0.05, 0) is 46.1 Å². The van der Waals surface area contributed by atoms with Crippen LogP contribution in [0.5, 0.6) is 0 Å². The first-order valence-electron chi connectivity index (χ1n) is 8.28. The lowest BCUT2D eigenvalue weighted by Gasteiger charge is -2.32. The second-order valence-electron chi connectivity index (χ2n) is 6.93. The number of sulfonamides is 1. The number of amides is 1. The van der Waals surface area contributed by atoms with E-state index in [-0.39, 0.29) is 16.3 Å². The number of hydrogen-bond acceptors (Lipinski definition) is 5. The molecule has 1 fully saturated rings. The molecule has 1 heterocycles. The summed E-state index contributed by atoms with van der Waals surface area (Å²) in [5, 5.41) is 2.87. The standard InChI is InChI=1S/C17H27N3O4S/c1-17(2,19(3)4)13-18-16(21)14-6-5-7-15(12-14)25(22,23)20-8-10-24-11-9-20/h5-7,12H,8-11,13H2,1-4H3,(H,18,21). The third-order valence-corrected chi connectivity index (χ3v) is 6.49.